The first-order valence-corrected chi connectivity index (χ1v) is 18.8. The Morgan fingerprint density at radius 2 is 1.00 bits per heavy atom. The predicted molar refractivity (Wildman–Crippen MR) is 227 cm³/mol. The van der Waals surface area contributed by atoms with E-state index in [1.165, 1.54) is 69.4 Å². The second kappa shape index (κ2) is 11.9. The standard InChI is InChI=1S/C50H31NOS/c1-2-9-32(10-3-1)33-17-21-38(22-18-33)51(39-23-19-35(20-24-39)42-16-8-14-34-11-6-7-15-41(34)42)40-25-26-44-47(31-40)52-46-28-27-43-45-29-36-12-4-5-13-37(36)30-48(45)53-50(43)49(44)46/h1-31H. The number of nitrogens with zero attached hydrogens (tertiary/aromatic N) is 1. The van der Waals surface area contributed by atoms with Crippen molar-refractivity contribution in [3.63, 3.8) is 0 Å². The van der Waals surface area contributed by atoms with Gasteiger partial charge in [-0.25, -0.2) is 0 Å². The monoisotopic (exact) mass is 693 g/mol. The SMILES string of the molecule is c1ccc(-c2ccc(N(c3ccc(-c4cccc5ccccc45)cc3)c3ccc4c(c3)oc3ccc5c6cc7ccccc7cc6sc5c34)cc2)cc1. The lowest BCUT2D eigenvalue weighted by Gasteiger charge is -2.26. The summed E-state index contributed by atoms with van der Waals surface area (Å²) in [6, 6.07) is 67.8. The third kappa shape index (κ3) is 4.93. The molecule has 0 bridgehead atoms. The summed E-state index contributed by atoms with van der Waals surface area (Å²) in [6.45, 7) is 0. The summed E-state index contributed by atoms with van der Waals surface area (Å²) in [5.41, 5.74) is 9.82. The maximum absolute atomic E-state index is 6.67. The minimum atomic E-state index is 0.880. The molecule has 11 rings (SSSR count). The molecule has 11 aromatic rings. The Labute approximate surface area is 310 Å². The molecular formula is C50H31NOS. The molecule has 3 heteroatoms. The molecule has 0 N–H and O–H groups in total. The van der Waals surface area contributed by atoms with E-state index in [9.17, 15) is 0 Å². The van der Waals surface area contributed by atoms with Crippen LogP contribution in [-0.2, 0) is 0 Å². The van der Waals surface area contributed by atoms with Gasteiger partial charge in [0.2, 0.25) is 0 Å². The lowest BCUT2D eigenvalue weighted by Crippen LogP contribution is -2.09. The van der Waals surface area contributed by atoms with Gasteiger partial charge in [0.25, 0.3) is 0 Å². The van der Waals surface area contributed by atoms with E-state index in [-0.39, 0.29) is 0 Å². The van der Waals surface area contributed by atoms with E-state index in [0.717, 1.165) is 33.6 Å². The molecule has 0 fully saturated rings. The highest BCUT2D eigenvalue weighted by molar-refractivity contribution is 7.26. The van der Waals surface area contributed by atoms with Gasteiger partial charge in [-0.1, -0.05) is 121 Å². The van der Waals surface area contributed by atoms with Crippen molar-refractivity contribution < 1.29 is 4.42 Å². The lowest BCUT2D eigenvalue weighted by molar-refractivity contribution is 0.669. The van der Waals surface area contributed by atoms with E-state index in [1.54, 1.807) is 0 Å². The van der Waals surface area contributed by atoms with Crippen molar-refractivity contribution in [2.75, 3.05) is 4.90 Å². The van der Waals surface area contributed by atoms with Crippen LogP contribution in [0.5, 0.6) is 0 Å². The fourth-order valence-corrected chi connectivity index (χ4v) is 9.34. The molecule has 53 heavy (non-hydrogen) atoms. The van der Waals surface area contributed by atoms with E-state index in [4.69, 9.17) is 4.42 Å². The van der Waals surface area contributed by atoms with Crippen LogP contribution < -0.4 is 4.90 Å². The average molecular weight is 694 g/mol. The molecule has 2 aromatic heterocycles. The minimum absolute atomic E-state index is 0.880. The molecule has 0 radical (unpaired) electrons. The number of hydrogen-bond donors (Lipinski definition) is 0. The van der Waals surface area contributed by atoms with Crippen molar-refractivity contribution in [3.8, 4) is 22.3 Å². The van der Waals surface area contributed by atoms with E-state index in [2.05, 4.69) is 193 Å². The van der Waals surface area contributed by atoms with Gasteiger partial charge in [-0.05, 0) is 104 Å². The van der Waals surface area contributed by atoms with Crippen LogP contribution in [0.4, 0.5) is 17.1 Å². The first kappa shape index (κ1) is 30.0. The second-order valence-electron chi connectivity index (χ2n) is 13.7. The van der Waals surface area contributed by atoms with Gasteiger partial charge in [-0.2, -0.15) is 0 Å². The maximum Gasteiger partial charge on any atom is 0.137 e. The van der Waals surface area contributed by atoms with Crippen molar-refractivity contribution >= 4 is 92.1 Å². The fourth-order valence-electron chi connectivity index (χ4n) is 8.05. The van der Waals surface area contributed by atoms with Crippen molar-refractivity contribution in [1.29, 1.82) is 0 Å². The summed E-state index contributed by atoms with van der Waals surface area (Å²) in [6.07, 6.45) is 0. The molecule has 2 nitrogen and oxygen atoms in total. The van der Waals surface area contributed by atoms with Crippen LogP contribution in [0.25, 0.3) is 85.9 Å². The molecule has 0 saturated heterocycles. The molecule has 9 aromatic carbocycles. The molecule has 0 aliphatic heterocycles. The van der Waals surface area contributed by atoms with Gasteiger partial charge in [0.05, 0.1) is 0 Å². The van der Waals surface area contributed by atoms with Crippen LogP contribution in [0.2, 0.25) is 0 Å². The summed E-state index contributed by atoms with van der Waals surface area (Å²) >= 11 is 1.86. The van der Waals surface area contributed by atoms with Crippen molar-refractivity contribution in [2.24, 2.45) is 0 Å². The molecular weight excluding hydrogens is 663 g/mol. The molecule has 0 spiro atoms. The molecule has 0 amide bonds. The highest BCUT2D eigenvalue weighted by Gasteiger charge is 2.19. The molecule has 0 atom stereocenters. The van der Waals surface area contributed by atoms with Crippen molar-refractivity contribution in [2.45, 2.75) is 0 Å². The predicted octanol–water partition coefficient (Wildman–Crippen LogP) is 15.1. The second-order valence-corrected chi connectivity index (χ2v) is 14.8. The van der Waals surface area contributed by atoms with Gasteiger partial charge in [0, 0.05) is 54.1 Å². The Morgan fingerprint density at radius 1 is 0.377 bits per heavy atom. The van der Waals surface area contributed by atoms with E-state index < -0.39 is 0 Å². The van der Waals surface area contributed by atoms with Crippen LogP contribution in [0, 0.1) is 0 Å². The lowest BCUT2D eigenvalue weighted by atomic mass is 9.98. The maximum atomic E-state index is 6.67. The van der Waals surface area contributed by atoms with E-state index >= 15 is 0 Å². The van der Waals surface area contributed by atoms with Gasteiger partial charge in [-0.15, -0.1) is 11.3 Å². The quantitative estimate of drug-likeness (QED) is 0.178. The van der Waals surface area contributed by atoms with E-state index in [1.807, 2.05) is 11.3 Å². The summed E-state index contributed by atoms with van der Waals surface area (Å²) in [5, 5.41) is 9.94. The van der Waals surface area contributed by atoms with Gasteiger partial charge < -0.3 is 9.32 Å². The average Bonchev–Trinajstić information content (AvgIpc) is 3.78. The molecule has 0 aliphatic rings. The zero-order valence-electron chi connectivity index (χ0n) is 28.7. The number of furan rings is 1. The number of rotatable bonds is 5. The van der Waals surface area contributed by atoms with Crippen LogP contribution in [0.3, 0.4) is 0 Å². The van der Waals surface area contributed by atoms with Crippen LogP contribution >= 0.6 is 11.3 Å². The number of fused-ring (bicyclic) bond motifs is 9. The summed E-state index contributed by atoms with van der Waals surface area (Å²) in [5.74, 6) is 0. The van der Waals surface area contributed by atoms with Crippen molar-refractivity contribution in [3.05, 3.63) is 188 Å². The first-order valence-electron chi connectivity index (χ1n) is 18.0. The van der Waals surface area contributed by atoms with Gasteiger partial charge in [-0.3, -0.25) is 0 Å². The molecule has 0 saturated carbocycles. The van der Waals surface area contributed by atoms with Crippen LogP contribution in [-0.4, -0.2) is 0 Å². The minimum Gasteiger partial charge on any atom is -0.456 e. The normalized spacial score (nSPS) is 11.8. The number of anilines is 3. The van der Waals surface area contributed by atoms with Gasteiger partial charge in [0.15, 0.2) is 0 Å². The third-order valence-corrected chi connectivity index (χ3v) is 11.8. The van der Waals surface area contributed by atoms with Gasteiger partial charge >= 0.3 is 0 Å². The summed E-state index contributed by atoms with van der Waals surface area (Å²) in [4.78, 5) is 2.33. The topological polar surface area (TPSA) is 16.4 Å². The summed E-state index contributed by atoms with van der Waals surface area (Å²) in [7, 11) is 0. The Bertz CT molecular complexity index is 3150. The largest absolute Gasteiger partial charge is 0.456 e. The highest BCUT2D eigenvalue weighted by atomic mass is 32.1. The molecule has 2 heterocycles. The Hall–Kier alpha value is -6.68. The zero-order chi connectivity index (χ0) is 34.9. The number of benzene rings is 9. The molecule has 0 unspecified atom stereocenters. The van der Waals surface area contributed by atoms with Crippen LogP contribution in [0.15, 0.2) is 192 Å². The third-order valence-electron chi connectivity index (χ3n) is 10.6. The fraction of sp³-hybridized carbons (Fsp3) is 0. The summed E-state index contributed by atoms with van der Waals surface area (Å²) < 4.78 is 9.25. The Kier molecular flexibility index (Phi) is 6.76. The number of hydrogen-bond acceptors (Lipinski definition) is 3. The Balaban J connectivity index is 1.06. The first-order chi connectivity index (χ1) is 26.2. The van der Waals surface area contributed by atoms with E-state index in [0.29, 0.717) is 0 Å². The van der Waals surface area contributed by atoms with Gasteiger partial charge in [0.1, 0.15) is 11.2 Å². The molecule has 0 aliphatic carbocycles. The van der Waals surface area contributed by atoms with Crippen molar-refractivity contribution in [1.82, 2.24) is 0 Å². The molecule has 248 valence electrons. The zero-order valence-corrected chi connectivity index (χ0v) is 29.5. The highest BCUT2D eigenvalue weighted by Crippen LogP contribution is 2.45. The Morgan fingerprint density at radius 3 is 1.79 bits per heavy atom. The smallest absolute Gasteiger partial charge is 0.137 e. The number of thiophene rings is 1. The van der Waals surface area contributed by atoms with Crippen LogP contribution in [0.1, 0.15) is 0 Å².